The van der Waals surface area contributed by atoms with Crippen molar-refractivity contribution in [2.45, 2.75) is 25.9 Å². The van der Waals surface area contributed by atoms with Crippen molar-refractivity contribution in [3.8, 4) is 0 Å². The number of nitrogens with zero attached hydrogens (tertiary/aromatic N) is 2. The zero-order valence-corrected chi connectivity index (χ0v) is 12.3. The van der Waals surface area contributed by atoms with Crippen molar-refractivity contribution in [1.29, 1.82) is 0 Å². The first kappa shape index (κ1) is 13.4. The van der Waals surface area contributed by atoms with Crippen LogP contribution < -0.4 is 10.2 Å². The molecule has 0 radical (unpaired) electrons. The van der Waals surface area contributed by atoms with Crippen molar-refractivity contribution in [3.05, 3.63) is 29.8 Å². The molecule has 3 rings (SSSR count). The molecule has 0 aliphatic carbocycles. The molecule has 0 saturated carbocycles. The van der Waals surface area contributed by atoms with Crippen LogP contribution in [0.2, 0.25) is 0 Å². The van der Waals surface area contributed by atoms with Crippen molar-refractivity contribution in [2.75, 3.05) is 31.6 Å². The maximum atomic E-state index is 12.7. The standard InChI is InChI=1S/C16H23N3O/c1-12-10-18(2)15-6-4-3-5-14(15)11-19(12)16(20)13-7-8-17-9-13/h3-6,12-13,17H,7-11H2,1-2H3/t12-,13-/m0/s1. The molecule has 2 aliphatic rings. The summed E-state index contributed by atoms with van der Waals surface area (Å²) in [6.07, 6.45) is 0.972. The SMILES string of the molecule is C[C@H]1CN(C)c2ccccc2CN1C(=O)[C@H]1CCNC1. The lowest BCUT2D eigenvalue weighted by atomic mass is 10.1. The number of fused-ring (bicyclic) bond motifs is 1. The molecule has 2 atom stereocenters. The maximum Gasteiger partial charge on any atom is 0.227 e. The normalized spacial score (nSPS) is 26.3. The summed E-state index contributed by atoms with van der Waals surface area (Å²) < 4.78 is 0. The molecule has 20 heavy (non-hydrogen) atoms. The number of anilines is 1. The molecule has 2 heterocycles. The summed E-state index contributed by atoms with van der Waals surface area (Å²) in [5.41, 5.74) is 2.50. The Hall–Kier alpha value is -1.55. The summed E-state index contributed by atoms with van der Waals surface area (Å²) in [7, 11) is 2.11. The van der Waals surface area contributed by atoms with E-state index in [4.69, 9.17) is 0 Å². The van der Waals surface area contributed by atoms with Crippen LogP contribution in [0.15, 0.2) is 24.3 Å². The smallest absolute Gasteiger partial charge is 0.227 e. The predicted molar refractivity (Wildman–Crippen MR) is 80.7 cm³/mol. The van der Waals surface area contributed by atoms with Crippen molar-refractivity contribution >= 4 is 11.6 Å². The van der Waals surface area contributed by atoms with Gasteiger partial charge in [0.2, 0.25) is 5.91 Å². The average molecular weight is 273 g/mol. The molecule has 0 unspecified atom stereocenters. The van der Waals surface area contributed by atoms with Gasteiger partial charge in [-0.2, -0.15) is 0 Å². The molecule has 1 N–H and O–H groups in total. The minimum atomic E-state index is 0.160. The van der Waals surface area contributed by atoms with Crippen molar-refractivity contribution in [3.63, 3.8) is 0 Å². The minimum absolute atomic E-state index is 0.160. The lowest BCUT2D eigenvalue weighted by Gasteiger charge is -2.30. The minimum Gasteiger partial charge on any atom is -0.372 e. The second-order valence-corrected chi connectivity index (χ2v) is 6.01. The number of amides is 1. The van der Waals surface area contributed by atoms with Gasteiger partial charge in [-0.25, -0.2) is 0 Å². The van der Waals surface area contributed by atoms with Gasteiger partial charge in [-0.15, -0.1) is 0 Å². The van der Waals surface area contributed by atoms with E-state index in [0.717, 1.165) is 32.6 Å². The van der Waals surface area contributed by atoms with Crippen LogP contribution in [0.1, 0.15) is 18.9 Å². The highest BCUT2D eigenvalue weighted by atomic mass is 16.2. The van der Waals surface area contributed by atoms with Gasteiger partial charge in [-0.1, -0.05) is 18.2 Å². The van der Waals surface area contributed by atoms with E-state index in [-0.39, 0.29) is 12.0 Å². The lowest BCUT2D eigenvalue weighted by Crippen LogP contribution is -2.45. The van der Waals surface area contributed by atoms with Crippen LogP contribution in [0.4, 0.5) is 5.69 Å². The van der Waals surface area contributed by atoms with Gasteiger partial charge in [0.05, 0.1) is 5.92 Å². The van der Waals surface area contributed by atoms with Crippen molar-refractivity contribution in [1.82, 2.24) is 10.2 Å². The number of nitrogens with one attached hydrogen (secondary N) is 1. The third-order valence-corrected chi connectivity index (χ3v) is 4.51. The summed E-state index contributed by atoms with van der Waals surface area (Å²) in [5.74, 6) is 0.473. The van der Waals surface area contributed by atoms with E-state index in [1.54, 1.807) is 0 Å². The van der Waals surface area contributed by atoms with Crippen LogP contribution >= 0.6 is 0 Å². The van der Waals surface area contributed by atoms with Gasteiger partial charge in [-0.3, -0.25) is 4.79 Å². The van der Waals surface area contributed by atoms with Crippen LogP contribution in [0.3, 0.4) is 0 Å². The molecule has 0 bridgehead atoms. The summed E-state index contributed by atoms with van der Waals surface area (Å²) in [5, 5.41) is 3.29. The Bertz CT molecular complexity index is 496. The molecule has 108 valence electrons. The Kier molecular flexibility index (Phi) is 3.66. The molecular weight excluding hydrogens is 250 g/mol. The van der Waals surface area contributed by atoms with Crippen LogP contribution in [-0.2, 0) is 11.3 Å². The van der Waals surface area contributed by atoms with Gasteiger partial charge < -0.3 is 15.1 Å². The molecule has 1 saturated heterocycles. The van der Waals surface area contributed by atoms with Gasteiger partial charge in [0, 0.05) is 38.4 Å². The molecule has 2 aliphatic heterocycles. The molecule has 1 fully saturated rings. The first-order valence-electron chi connectivity index (χ1n) is 7.47. The molecule has 4 nitrogen and oxygen atoms in total. The highest BCUT2D eigenvalue weighted by molar-refractivity contribution is 5.80. The number of para-hydroxylation sites is 1. The highest BCUT2D eigenvalue weighted by Gasteiger charge is 2.32. The topological polar surface area (TPSA) is 35.6 Å². The summed E-state index contributed by atoms with van der Waals surface area (Å²) >= 11 is 0. The number of rotatable bonds is 1. The Morgan fingerprint density at radius 1 is 1.35 bits per heavy atom. The number of hydrogen-bond donors (Lipinski definition) is 1. The van der Waals surface area contributed by atoms with E-state index in [9.17, 15) is 4.79 Å². The zero-order valence-electron chi connectivity index (χ0n) is 12.3. The Balaban J connectivity index is 1.86. The van der Waals surface area contributed by atoms with Crippen LogP contribution in [0, 0.1) is 5.92 Å². The van der Waals surface area contributed by atoms with E-state index < -0.39 is 0 Å². The number of hydrogen-bond acceptors (Lipinski definition) is 3. The van der Waals surface area contributed by atoms with E-state index in [1.807, 2.05) is 0 Å². The quantitative estimate of drug-likeness (QED) is 0.841. The average Bonchev–Trinajstić information content (AvgIpc) is 2.94. The summed E-state index contributed by atoms with van der Waals surface area (Å²) in [4.78, 5) is 17.1. The number of likely N-dealkylation sites (N-methyl/N-ethyl adjacent to an activating group) is 1. The first-order chi connectivity index (χ1) is 9.66. The summed E-state index contributed by atoms with van der Waals surface area (Å²) in [6, 6.07) is 8.66. The van der Waals surface area contributed by atoms with E-state index >= 15 is 0 Å². The Morgan fingerprint density at radius 2 is 2.15 bits per heavy atom. The Labute approximate surface area is 120 Å². The number of benzene rings is 1. The molecule has 1 aromatic rings. The fourth-order valence-corrected chi connectivity index (χ4v) is 3.34. The molecule has 4 heteroatoms. The van der Waals surface area contributed by atoms with E-state index in [1.165, 1.54) is 11.3 Å². The molecule has 0 spiro atoms. The van der Waals surface area contributed by atoms with Crippen LogP contribution in [0.5, 0.6) is 0 Å². The second kappa shape index (κ2) is 5.44. The lowest BCUT2D eigenvalue weighted by molar-refractivity contribution is -0.137. The van der Waals surface area contributed by atoms with Crippen LogP contribution in [-0.4, -0.2) is 43.5 Å². The maximum absolute atomic E-state index is 12.7. The zero-order chi connectivity index (χ0) is 14.1. The van der Waals surface area contributed by atoms with E-state index in [2.05, 4.69) is 53.4 Å². The first-order valence-corrected chi connectivity index (χ1v) is 7.47. The largest absolute Gasteiger partial charge is 0.372 e. The van der Waals surface area contributed by atoms with Gasteiger partial charge >= 0.3 is 0 Å². The monoisotopic (exact) mass is 273 g/mol. The van der Waals surface area contributed by atoms with Gasteiger partial charge in [0.25, 0.3) is 0 Å². The number of carbonyl (C=O) groups excluding carboxylic acids is 1. The molecular formula is C16H23N3O. The highest BCUT2D eigenvalue weighted by Crippen LogP contribution is 2.27. The fourth-order valence-electron chi connectivity index (χ4n) is 3.34. The second-order valence-electron chi connectivity index (χ2n) is 6.01. The van der Waals surface area contributed by atoms with Gasteiger partial charge in [-0.05, 0) is 31.5 Å². The Morgan fingerprint density at radius 3 is 2.90 bits per heavy atom. The van der Waals surface area contributed by atoms with Gasteiger partial charge in [0.15, 0.2) is 0 Å². The molecule has 1 aromatic carbocycles. The predicted octanol–water partition coefficient (Wildman–Crippen LogP) is 1.46. The summed E-state index contributed by atoms with van der Waals surface area (Å²) in [6.45, 7) is 5.58. The third-order valence-electron chi connectivity index (χ3n) is 4.51. The van der Waals surface area contributed by atoms with Gasteiger partial charge in [0.1, 0.15) is 0 Å². The number of carbonyl (C=O) groups is 1. The van der Waals surface area contributed by atoms with Crippen LogP contribution in [0.25, 0.3) is 0 Å². The molecule has 0 aromatic heterocycles. The molecule has 1 amide bonds. The fraction of sp³-hybridized carbons (Fsp3) is 0.562. The van der Waals surface area contributed by atoms with E-state index in [0.29, 0.717) is 5.91 Å². The van der Waals surface area contributed by atoms with Crippen molar-refractivity contribution in [2.24, 2.45) is 5.92 Å². The third kappa shape index (κ3) is 2.40. The van der Waals surface area contributed by atoms with Crippen molar-refractivity contribution < 1.29 is 4.79 Å².